The zero-order valence-corrected chi connectivity index (χ0v) is 34.7. The van der Waals surface area contributed by atoms with Gasteiger partial charge in [0.2, 0.25) is 5.91 Å². The minimum Gasteiger partial charge on any atom is -0.445 e. The van der Waals surface area contributed by atoms with Gasteiger partial charge in [0.25, 0.3) is 5.91 Å². The highest BCUT2D eigenvalue weighted by molar-refractivity contribution is 6.30. The van der Waals surface area contributed by atoms with Gasteiger partial charge in [0.1, 0.15) is 12.6 Å². The summed E-state index contributed by atoms with van der Waals surface area (Å²) in [6, 6.07) is 39.2. The molecule has 8 rings (SSSR count). The molecule has 0 aromatic heterocycles. The zero-order valence-electron chi connectivity index (χ0n) is 34.0. The predicted molar refractivity (Wildman–Crippen MR) is 230 cm³/mol. The van der Waals surface area contributed by atoms with E-state index >= 15 is 0 Å². The second-order valence-corrected chi connectivity index (χ2v) is 16.7. The van der Waals surface area contributed by atoms with E-state index in [1.807, 2.05) is 127 Å². The highest BCUT2D eigenvalue weighted by Gasteiger charge is 2.42. The number of carbonyl (C=O) groups excluding carboxylic acids is 3. The Morgan fingerprint density at radius 1 is 0.820 bits per heavy atom. The number of imide groups is 1. The Balaban J connectivity index is 0.927. The van der Waals surface area contributed by atoms with Crippen LogP contribution in [-0.2, 0) is 49.2 Å². The van der Waals surface area contributed by atoms with Crippen molar-refractivity contribution in [2.45, 2.75) is 76.1 Å². The summed E-state index contributed by atoms with van der Waals surface area (Å²) in [6.45, 7) is 4.33. The van der Waals surface area contributed by atoms with E-state index in [1.165, 1.54) is 4.90 Å². The van der Waals surface area contributed by atoms with E-state index in [1.54, 1.807) is 0 Å². The number of aliphatic hydroxyl groups is 2. The number of piperidine rings is 1. The monoisotopic (exact) mass is 843 g/mol. The summed E-state index contributed by atoms with van der Waals surface area (Å²) < 4.78 is 18.8. The number of benzene rings is 5. The number of amides is 3. The van der Waals surface area contributed by atoms with E-state index in [0.717, 1.165) is 44.5 Å². The molecule has 0 aliphatic carbocycles. The molecule has 3 heterocycles. The molecule has 0 spiro atoms. The number of halogens is 1. The Bertz CT molecular complexity index is 2300. The Morgan fingerprint density at radius 3 is 2.21 bits per heavy atom. The van der Waals surface area contributed by atoms with Crippen molar-refractivity contribution in [2.24, 2.45) is 5.92 Å². The maximum absolute atomic E-state index is 13.2. The van der Waals surface area contributed by atoms with Crippen LogP contribution in [0.1, 0.15) is 72.0 Å². The first kappa shape index (κ1) is 42.3. The van der Waals surface area contributed by atoms with Gasteiger partial charge in [-0.1, -0.05) is 128 Å². The summed E-state index contributed by atoms with van der Waals surface area (Å²) in [4.78, 5) is 42.2. The van der Waals surface area contributed by atoms with Gasteiger partial charge in [-0.05, 0) is 70.0 Å². The largest absolute Gasteiger partial charge is 0.445 e. The van der Waals surface area contributed by atoms with E-state index in [-0.39, 0.29) is 50.2 Å². The van der Waals surface area contributed by atoms with Crippen molar-refractivity contribution in [3.63, 3.8) is 0 Å². The summed E-state index contributed by atoms with van der Waals surface area (Å²) >= 11 is 6.12. The number of hydrogen-bond donors (Lipinski definition) is 3. The molecule has 61 heavy (non-hydrogen) atoms. The third kappa shape index (κ3) is 9.89. The maximum Gasteiger partial charge on any atom is 0.408 e. The number of aliphatic hydroxyl groups excluding tert-OH is 1. The number of carbonyl (C=O) groups is 3. The number of hydrogen-bond acceptors (Lipinski definition) is 9. The molecule has 3 fully saturated rings. The van der Waals surface area contributed by atoms with Crippen molar-refractivity contribution < 1.29 is 38.8 Å². The smallest absolute Gasteiger partial charge is 0.408 e. The van der Waals surface area contributed by atoms with E-state index in [2.05, 4.69) is 17.1 Å². The summed E-state index contributed by atoms with van der Waals surface area (Å²) in [7, 11) is 0. The molecule has 316 valence electrons. The van der Waals surface area contributed by atoms with E-state index < -0.39 is 29.9 Å². The quantitative estimate of drug-likeness (QED) is 0.107. The molecule has 3 N–H and O–H groups in total. The number of ether oxygens (including phenoxy) is 3. The Morgan fingerprint density at radius 2 is 1.51 bits per heavy atom. The molecule has 11 nitrogen and oxygen atoms in total. The molecule has 5 atom stereocenters. The molecule has 0 bridgehead atoms. The number of nitrogens with one attached hydrogen (secondary N) is 1. The Hall–Kier alpha value is -5.40. The number of alkyl carbamates (subject to hydrolysis) is 1. The third-order valence-corrected chi connectivity index (χ3v) is 12.4. The van der Waals surface area contributed by atoms with Crippen molar-refractivity contribution in [3.8, 4) is 11.1 Å². The molecular formula is C49H50ClN3O8. The van der Waals surface area contributed by atoms with Crippen LogP contribution in [0.3, 0.4) is 0 Å². The molecule has 5 aromatic carbocycles. The zero-order chi connectivity index (χ0) is 42.5. The maximum atomic E-state index is 13.2. The topological polar surface area (TPSA) is 138 Å². The normalized spacial score (nSPS) is 22.9. The fourth-order valence-corrected chi connectivity index (χ4v) is 8.60. The molecule has 3 aliphatic heterocycles. The van der Waals surface area contributed by atoms with Gasteiger partial charge >= 0.3 is 6.09 Å². The highest BCUT2D eigenvalue weighted by atomic mass is 35.5. The van der Waals surface area contributed by atoms with Gasteiger partial charge in [-0.3, -0.25) is 14.5 Å². The SMILES string of the molecule is C[C@@H]1[C@H](CN2CCC(O)(c3ccc(Cl)cc3)CC2)O[C@H](c2ccc(-c3cccc(CN4C(=O)CC(NC(=O)OCc5ccccc5)C4=O)c3)cc2)O[C@@H]1c1ccc(CO)cc1. The summed E-state index contributed by atoms with van der Waals surface area (Å²) in [5.74, 6) is -0.835. The lowest BCUT2D eigenvalue weighted by molar-refractivity contribution is -0.277. The lowest BCUT2D eigenvalue weighted by atomic mass is 9.84. The molecule has 3 amide bonds. The van der Waals surface area contributed by atoms with Crippen LogP contribution in [0.2, 0.25) is 5.02 Å². The van der Waals surface area contributed by atoms with E-state index in [9.17, 15) is 24.6 Å². The fourth-order valence-electron chi connectivity index (χ4n) is 8.47. The molecule has 5 aromatic rings. The van der Waals surface area contributed by atoms with Crippen LogP contribution >= 0.6 is 11.6 Å². The van der Waals surface area contributed by atoms with Crippen LogP contribution < -0.4 is 5.32 Å². The van der Waals surface area contributed by atoms with Crippen molar-refractivity contribution >= 4 is 29.5 Å². The van der Waals surface area contributed by atoms with Crippen molar-refractivity contribution in [1.29, 1.82) is 0 Å². The molecule has 0 saturated carbocycles. The number of nitrogens with zero attached hydrogens (tertiary/aromatic N) is 2. The summed E-state index contributed by atoms with van der Waals surface area (Å²) in [6.07, 6.45) is -0.789. The predicted octanol–water partition coefficient (Wildman–Crippen LogP) is 7.83. The minimum absolute atomic E-state index is 0.00389. The van der Waals surface area contributed by atoms with Crippen LogP contribution in [0.15, 0.2) is 127 Å². The molecule has 3 aliphatic rings. The number of rotatable bonds is 12. The van der Waals surface area contributed by atoms with Crippen LogP contribution in [0.5, 0.6) is 0 Å². The van der Waals surface area contributed by atoms with Gasteiger partial charge in [-0.25, -0.2) is 4.79 Å². The molecule has 3 saturated heterocycles. The second kappa shape index (κ2) is 18.7. The first-order valence-electron chi connectivity index (χ1n) is 20.8. The van der Waals surface area contributed by atoms with Gasteiger partial charge < -0.3 is 34.6 Å². The average Bonchev–Trinajstić information content (AvgIpc) is 3.54. The average molecular weight is 844 g/mol. The van der Waals surface area contributed by atoms with Crippen molar-refractivity contribution in [2.75, 3.05) is 19.6 Å². The lowest BCUT2D eigenvalue weighted by Crippen LogP contribution is -2.49. The Labute approximate surface area is 360 Å². The standard InChI is InChI=1S/C49H50ClN3O8/c1-32-43(29-52-24-22-49(58,23-25-52)40-18-20-41(50)21-19-40)60-47(61-45(32)37-12-10-33(30-54)11-13-37)38-16-14-36(15-17-38)39-9-5-8-35(26-39)28-53-44(55)27-42(46(53)56)51-48(57)59-31-34-6-3-2-4-7-34/h2-21,26,32,42-43,45,47,54,58H,22-25,27-31H2,1H3,(H,51,57)/t32-,42?,43+,45+,47+/m1/s1. The molecule has 1 unspecified atom stereocenters. The molecular weight excluding hydrogens is 794 g/mol. The van der Waals surface area contributed by atoms with Crippen molar-refractivity contribution in [3.05, 3.63) is 166 Å². The van der Waals surface area contributed by atoms with Crippen molar-refractivity contribution in [1.82, 2.24) is 15.1 Å². The first-order valence-corrected chi connectivity index (χ1v) is 21.1. The van der Waals surface area contributed by atoms with E-state index in [0.29, 0.717) is 37.5 Å². The van der Waals surface area contributed by atoms with Gasteiger partial charge in [-0.15, -0.1) is 0 Å². The van der Waals surface area contributed by atoms with Gasteiger partial charge in [0.15, 0.2) is 6.29 Å². The van der Waals surface area contributed by atoms with Gasteiger partial charge in [-0.2, -0.15) is 0 Å². The highest BCUT2D eigenvalue weighted by Crippen LogP contribution is 2.43. The second-order valence-electron chi connectivity index (χ2n) is 16.3. The number of likely N-dealkylation sites (tertiary alicyclic amines) is 2. The third-order valence-electron chi connectivity index (χ3n) is 12.2. The van der Waals surface area contributed by atoms with Gasteiger partial charge in [0, 0.05) is 36.1 Å². The molecule has 12 heteroatoms. The van der Waals surface area contributed by atoms with Crippen LogP contribution in [-0.4, -0.2) is 69.7 Å². The lowest BCUT2D eigenvalue weighted by Gasteiger charge is -2.45. The first-order chi connectivity index (χ1) is 29.5. The summed E-state index contributed by atoms with van der Waals surface area (Å²) in [5, 5.41) is 24.4. The van der Waals surface area contributed by atoms with Crippen LogP contribution in [0, 0.1) is 5.92 Å². The fraction of sp³-hybridized carbons (Fsp3) is 0.327. The molecule has 0 radical (unpaired) electrons. The summed E-state index contributed by atoms with van der Waals surface area (Å²) in [5.41, 5.74) is 6.09. The van der Waals surface area contributed by atoms with Crippen LogP contribution in [0.4, 0.5) is 4.79 Å². The minimum atomic E-state index is -0.988. The van der Waals surface area contributed by atoms with Crippen LogP contribution in [0.25, 0.3) is 11.1 Å². The van der Waals surface area contributed by atoms with Gasteiger partial charge in [0.05, 0.1) is 37.4 Å². The van der Waals surface area contributed by atoms with E-state index in [4.69, 9.17) is 25.8 Å². The Kier molecular flexibility index (Phi) is 13.0.